The van der Waals surface area contributed by atoms with Gasteiger partial charge in [0.15, 0.2) is 0 Å². The van der Waals surface area contributed by atoms with Crippen molar-refractivity contribution in [3.63, 3.8) is 0 Å². The number of rotatable bonds is 3. The lowest BCUT2D eigenvalue weighted by atomic mass is 10.1. The number of nitrogens with zero attached hydrogens (tertiary/aromatic N) is 2. The van der Waals surface area contributed by atoms with Crippen molar-refractivity contribution in [3.05, 3.63) is 34.9 Å². The molecule has 4 nitrogen and oxygen atoms in total. The monoisotopic (exact) mass is 258 g/mol. The van der Waals surface area contributed by atoms with Crippen molar-refractivity contribution >= 4 is 5.78 Å². The molecule has 0 saturated heterocycles. The average molecular weight is 258 g/mol. The molecule has 1 heterocycles. The van der Waals surface area contributed by atoms with Crippen LogP contribution in [-0.4, -0.2) is 15.5 Å². The summed E-state index contributed by atoms with van der Waals surface area (Å²) in [7, 11) is 0. The first-order valence-corrected chi connectivity index (χ1v) is 6.57. The number of aliphatic hydroxyl groups is 1. The van der Waals surface area contributed by atoms with Crippen molar-refractivity contribution in [2.75, 3.05) is 0 Å². The molecule has 0 bridgehead atoms. The van der Waals surface area contributed by atoms with Crippen LogP contribution in [0.15, 0.2) is 17.9 Å². The number of carbonyl (C=O) groups is 1. The minimum absolute atomic E-state index is 0.216. The molecule has 100 valence electrons. The Morgan fingerprint density at radius 3 is 2.63 bits per heavy atom. The molecule has 2 rings (SSSR count). The fourth-order valence-electron chi connectivity index (χ4n) is 3.01. The van der Waals surface area contributed by atoms with Crippen molar-refractivity contribution in [3.8, 4) is 6.07 Å². The maximum Gasteiger partial charge on any atom is 0.208 e. The van der Waals surface area contributed by atoms with Gasteiger partial charge in [-0.3, -0.25) is 4.79 Å². The van der Waals surface area contributed by atoms with Crippen LogP contribution in [0.25, 0.3) is 0 Å². The molecular formula is C15H18N2O2. The summed E-state index contributed by atoms with van der Waals surface area (Å²) in [5.74, 6) is -0.401. The average Bonchev–Trinajstić information content (AvgIpc) is 2.99. The Morgan fingerprint density at radius 2 is 2.11 bits per heavy atom. The molecule has 0 spiro atoms. The van der Waals surface area contributed by atoms with Crippen molar-refractivity contribution in [1.29, 1.82) is 5.26 Å². The van der Waals surface area contributed by atoms with Crippen LogP contribution in [0.4, 0.5) is 0 Å². The first-order valence-electron chi connectivity index (χ1n) is 6.57. The Kier molecular flexibility index (Phi) is 3.75. The van der Waals surface area contributed by atoms with Gasteiger partial charge in [-0.15, -0.1) is 0 Å². The topological polar surface area (TPSA) is 66.0 Å². The van der Waals surface area contributed by atoms with Gasteiger partial charge in [-0.25, -0.2) is 0 Å². The van der Waals surface area contributed by atoms with Crippen LogP contribution in [0.3, 0.4) is 0 Å². The maximum absolute atomic E-state index is 12.1. The number of hydrogen-bond acceptors (Lipinski definition) is 3. The summed E-state index contributed by atoms with van der Waals surface area (Å²) in [6.07, 6.45) is 5.33. The SMILES string of the molecule is Cc1cc(C(=O)C(C#N)=CO)c(C)n1C1CCCC1. The lowest BCUT2D eigenvalue weighted by Gasteiger charge is -2.17. The Balaban J connectivity index is 2.42. The summed E-state index contributed by atoms with van der Waals surface area (Å²) >= 11 is 0. The molecule has 1 aromatic rings. The van der Waals surface area contributed by atoms with E-state index in [0.717, 1.165) is 24.2 Å². The Bertz CT molecular complexity index is 570. The number of hydrogen-bond donors (Lipinski definition) is 1. The highest BCUT2D eigenvalue weighted by atomic mass is 16.2. The van der Waals surface area contributed by atoms with E-state index in [9.17, 15) is 4.79 Å². The van der Waals surface area contributed by atoms with Crippen LogP contribution in [0.5, 0.6) is 0 Å². The van der Waals surface area contributed by atoms with E-state index in [0.29, 0.717) is 17.9 Å². The molecule has 1 fully saturated rings. The smallest absolute Gasteiger partial charge is 0.208 e. The van der Waals surface area contributed by atoms with Gasteiger partial charge in [-0.05, 0) is 32.8 Å². The van der Waals surface area contributed by atoms with E-state index >= 15 is 0 Å². The van der Waals surface area contributed by atoms with Gasteiger partial charge in [0.25, 0.3) is 0 Å². The predicted octanol–water partition coefficient (Wildman–Crippen LogP) is 3.37. The van der Waals surface area contributed by atoms with Gasteiger partial charge in [0.2, 0.25) is 5.78 Å². The van der Waals surface area contributed by atoms with Crippen LogP contribution in [0, 0.1) is 25.2 Å². The highest BCUT2D eigenvalue weighted by molar-refractivity contribution is 6.12. The minimum atomic E-state index is -0.401. The number of carbonyl (C=O) groups excluding carboxylic acids is 1. The molecule has 19 heavy (non-hydrogen) atoms. The second kappa shape index (κ2) is 5.31. The summed E-state index contributed by atoms with van der Waals surface area (Å²) in [5, 5.41) is 17.8. The summed E-state index contributed by atoms with van der Waals surface area (Å²) in [5.41, 5.74) is 2.24. The van der Waals surface area contributed by atoms with Crippen LogP contribution in [-0.2, 0) is 0 Å². The van der Waals surface area contributed by atoms with Gasteiger partial charge in [-0.2, -0.15) is 5.26 Å². The van der Waals surface area contributed by atoms with Crippen molar-refractivity contribution in [2.45, 2.75) is 45.6 Å². The predicted molar refractivity (Wildman–Crippen MR) is 72.1 cm³/mol. The third kappa shape index (κ3) is 2.28. The first-order chi connectivity index (χ1) is 9.10. The largest absolute Gasteiger partial charge is 0.514 e. The summed E-state index contributed by atoms with van der Waals surface area (Å²) in [6.45, 7) is 3.89. The molecule has 4 heteroatoms. The molecule has 1 aliphatic carbocycles. The zero-order valence-corrected chi connectivity index (χ0v) is 11.3. The summed E-state index contributed by atoms with van der Waals surface area (Å²) in [4.78, 5) is 12.1. The molecular weight excluding hydrogens is 240 g/mol. The number of aliphatic hydroxyl groups excluding tert-OH is 1. The van der Waals surface area contributed by atoms with Gasteiger partial charge in [0.05, 0.1) is 0 Å². The van der Waals surface area contributed by atoms with Crippen LogP contribution >= 0.6 is 0 Å². The Morgan fingerprint density at radius 1 is 1.47 bits per heavy atom. The molecule has 1 aliphatic rings. The first kappa shape index (κ1) is 13.4. The third-order valence-electron chi connectivity index (χ3n) is 3.91. The molecule has 0 aromatic carbocycles. The van der Waals surface area contributed by atoms with E-state index in [4.69, 9.17) is 10.4 Å². The standard InChI is InChI=1S/C15H18N2O2/c1-10-7-14(15(19)12(8-16)9-18)11(2)17(10)13-5-3-4-6-13/h7,9,13,18H,3-6H2,1-2H3. The maximum atomic E-state index is 12.1. The molecule has 1 aromatic heterocycles. The van der Waals surface area contributed by atoms with E-state index in [1.807, 2.05) is 19.9 Å². The summed E-state index contributed by atoms with van der Waals surface area (Å²) in [6, 6.07) is 4.01. The van der Waals surface area contributed by atoms with Gasteiger partial charge >= 0.3 is 0 Å². The van der Waals surface area contributed by atoms with E-state index in [1.165, 1.54) is 12.8 Å². The number of ketones is 1. The summed E-state index contributed by atoms with van der Waals surface area (Å²) < 4.78 is 2.20. The molecule has 1 N–H and O–H groups in total. The van der Waals surface area contributed by atoms with E-state index in [1.54, 1.807) is 6.07 Å². The van der Waals surface area contributed by atoms with Crippen LogP contribution in [0.1, 0.15) is 53.5 Å². The lowest BCUT2D eigenvalue weighted by Crippen LogP contribution is -2.10. The molecule has 0 atom stereocenters. The van der Waals surface area contributed by atoms with Crippen molar-refractivity contribution in [2.24, 2.45) is 0 Å². The van der Waals surface area contributed by atoms with Gasteiger partial charge in [-0.1, -0.05) is 12.8 Å². The molecule has 0 amide bonds. The normalized spacial score (nSPS) is 16.6. The highest BCUT2D eigenvalue weighted by Crippen LogP contribution is 2.33. The van der Waals surface area contributed by atoms with Gasteiger partial charge in [0, 0.05) is 23.0 Å². The highest BCUT2D eigenvalue weighted by Gasteiger charge is 2.24. The second-order valence-corrected chi connectivity index (χ2v) is 5.08. The molecule has 0 radical (unpaired) electrons. The van der Waals surface area contributed by atoms with Crippen LogP contribution < -0.4 is 0 Å². The number of Topliss-reactive ketones (excluding diaryl/α,β-unsaturated/α-hetero) is 1. The van der Waals surface area contributed by atoms with Crippen molar-refractivity contribution < 1.29 is 9.90 Å². The molecule has 0 unspecified atom stereocenters. The molecule has 0 aliphatic heterocycles. The van der Waals surface area contributed by atoms with E-state index < -0.39 is 5.78 Å². The van der Waals surface area contributed by atoms with Gasteiger partial charge in [0.1, 0.15) is 17.9 Å². The Hall–Kier alpha value is -2.02. The zero-order valence-electron chi connectivity index (χ0n) is 11.3. The lowest BCUT2D eigenvalue weighted by molar-refractivity contribution is 0.103. The number of aromatic nitrogens is 1. The number of allylic oxidation sites excluding steroid dienone is 1. The van der Waals surface area contributed by atoms with Gasteiger partial charge < -0.3 is 9.67 Å². The quantitative estimate of drug-likeness (QED) is 0.391. The zero-order chi connectivity index (χ0) is 14.0. The van der Waals surface area contributed by atoms with E-state index in [2.05, 4.69) is 4.57 Å². The number of nitriles is 1. The molecule has 1 saturated carbocycles. The van der Waals surface area contributed by atoms with Crippen LogP contribution in [0.2, 0.25) is 0 Å². The minimum Gasteiger partial charge on any atom is -0.514 e. The fourth-order valence-corrected chi connectivity index (χ4v) is 3.01. The Labute approximate surface area is 113 Å². The third-order valence-corrected chi connectivity index (χ3v) is 3.91. The van der Waals surface area contributed by atoms with E-state index in [-0.39, 0.29) is 5.57 Å². The number of aryl methyl sites for hydroxylation is 1. The van der Waals surface area contributed by atoms with Crippen molar-refractivity contribution in [1.82, 2.24) is 4.57 Å². The fraction of sp³-hybridized carbons (Fsp3) is 0.467. The second-order valence-electron chi connectivity index (χ2n) is 5.08.